The number of amides is 2. The van der Waals surface area contributed by atoms with Gasteiger partial charge in [0, 0.05) is 30.0 Å². The van der Waals surface area contributed by atoms with Crippen molar-refractivity contribution in [2.75, 3.05) is 30.7 Å². The van der Waals surface area contributed by atoms with Crippen molar-refractivity contribution < 1.29 is 27.9 Å². The number of nitrogens with one attached hydrogen (secondary N) is 2. The molecular weight excluding hydrogens is 602 g/mol. The lowest BCUT2D eigenvalue weighted by molar-refractivity contribution is -0.140. The molecule has 2 aliphatic carbocycles. The van der Waals surface area contributed by atoms with Crippen LogP contribution < -0.4 is 14.9 Å². The lowest BCUT2D eigenvalue weighted by Gasteiger charge is -2.25. The number of aliphatic carboxylic acids is 1. The van der Waals surface area contributed by atoms with Crippen LogP contribution in [0.4, 0.5) is 5.69 Å². The van der Waals surface area contributed by atoms with Crippen LogP contribution in [0.5, 0.6) is 0 Å². The van der Waals surface area contributed by atoms with E-state index in [4.69, 9.17) is 10.2 Å². The molecule has 212 valence electrons. The number of carbonyl (C=O) groups is 3. The van der Waals surface area contributed by atoms with Crippen LogP contribution in [0.3, 0.4) is 0 Å². The highest BCUT2D eigenvalue weighted by Crippen LogP contribution is 2.46. The van der Waals surface area contributed by atoms with Gasteiger partial charge >= 0.3 is 5.97 Å². The molecule has 2 atom stereocenters. The van der Waals surface area contributed by atoms with Crippen molar-refractivity contribution in [3.8, 4) is 5.69 Å². The molecule has 1 heterocycles. The lowest BCUT2D eigenvalue weighted by Crippen LogP contribution is -2.35. The number of hydrogen-bond acceptors (Lipinski definition) is 6. The zero-order valence-electron chi connectivity index (χ0n) is 22.1. The maximum atomic E-state index is 13.0. The Morgan fingerprint density at radius 1 is 1.15 bits per heavy atom. The molecular formula is C27H30BrN5O6S. The van der Waals surface area contributed by atoms with Gasteiger partial charge in [-0.25, -0.2) is 13.1 Å². The Kier molecular flexibility index (Phi) is 7.62. The van der Waals surface area contributed by atoms with Crippen molar-refractivity contribution in [3.05, 3.63) is 52.1 Å². The fraction of sp³-hybridized carbons (Fsp3) is 0.407. The topological polar surface area (TPSA) is 151 Å². The van der Waals surface area contributed by atoms with Crippen LogP contribution in [0.2, 0.25) is 0 Å². The summed E-state index contributed by atoms with van der Waals surface area (Å²) < 4.78 is 29.8. The second kappa shape index (κ2) is 10.8. The summed E-state index contributed by atoms with van der Waals surface area (Å²) in [6, 6.07) is 11.0. The van der Waals surface area contributed by atoms with E-state index >= 15 is 0 Å². The van der Waals surface area contributed by atoms with Crippen LogP contribution in [0, 0.1) is 11.8 Å². The Bertz CT molecular complexity index is 1600. The summed E-state index contributed by atoms with van der Waals surface area (Å²) in [5.41, 5.74) is 2.88. The average Bonchev–Trinajstić information content (AvgIpc) is 3.83. The number of fused-ring (bicyclic) bond motifs is 1. The molecule has 0 radical (unpaired) electrons. The van der Waals surface area contributed by atoms with Crippen LogP contribution in [0.1, 0.15) is 47.7 Å². The number of hydrogen-bond donors (Lipinski definition) is 3. The SMILES string of the molecule is CNC(=O)c1c2cc(C3CC3)c(N(CCCNC(=O)C3C[C@@H]3C(=O)O)S(C)(=O)=O)cc2nn1-c1ccc(Br)cc1. The molecule has 2 saturated carbocycles. The Morgan fingerprint density at radius 2 is 1.85 bits per heavy atom. The molecule has 1 aromatic heterocycles. The molecule has 5 rings (SSSR count). The molecule has 3 aromatic rings. The smallest absolute Gasteiger partial charge is 0.307 e. The molecule has 2 amide bonds. The number of carboxylic acid groups (broad SMARTS) is 1. The van der Waals surface area contributed by atoms with Gasteiger partial charge in [0.25, 0.3) is 5.91 Å². The second-order valence-electron chi connectivity index (χ2n) is 10.3. The number of anilines is 1. The van der Waals surface area contributed by atoms with Gasteiger partial charge in [-0.2, -0.15) is 5.10 Å². The third kappa shape index (κ3) is 5.71. The first kappa shape index (κ1) is 28.1. The van der Waals surface area contributed by atoms with Gasteiger partial charge in [-0.1, -0.05) is 15.9 Å². The Morgan fingerprint density at radius 3 is 2.42 bits per heavy atom. The largest absolute Gasteiger partial charge is 0.481 e. The van der Waals surface area contributed by atoms with Crippen molar-refractivity contribution in [3.63, 3.8) is 0 Å². The highest BCUT2D eigenvalue weighted by Gasteiger charge is 2.48. The minimum atomic E-state index is -3.70. The maximum Gasteiger partial charge on any atom is 0.307 e. The van der Waals surface area contributed by atoms with Gasteiger partial charge in [0.2, 0.25) is 15.9 Å². The molecule has 2 fully saturated rings. The fourth-order valence-electron chi connectivity index (χ4n) is 4.97. The van der Waals surface area contributed by atoms with Gasteiger partial charge in [0.05, 0.1) is 35.0 Å². The molecule has 0 saturated heterocycles. The third-order valence-corrected chi connectivity index (χ3v) is 9.01. The zero-order valence-corrected chi connectivity index (χ0v) is 24.5. The van der Waals surface area contributed by atoms with Crippen molar-refractivity contribution in [2.24, 2.45) is 11.8 Å². The zero-order chi connectivity index (χ0) is 28.8. The van der Waals surface area contributed by atoms with E-state index in [2.05, 4.69) is 26.6 Å². The van der Waals surface area contributed by atoms with E-state index in [-0.39, 0.29) is 30.8 Å². The second-order valence-corrected chi connectivity index (χ2v) is 13.1. The van der Waals surface area contributed by atoms with E-state index in [1.165, 1.54) is 4.31 Å². The molecule has 11 nitrogen and oxygen atoms in total. The van der Waals surface area contributed by atoms with Crippen LogP contribution in [0.15, 0.2) is 40.9 Å². The standard InChI is InChI=1S/C27H30BrN5O6S/c1-29-26(35)24-21-12-18(15-4-5-15)23(14-22(21)31-33(24)17-8-6-16(28)7-9-17)32(40(2,38)39)11-3-10-30-25(34)19-13-20(19)27(36)37/h6-9,12,14-15,19-20H,3-5,10-11,13H2,1-2H3,(H,29,35)(H,30,34)(H,36,37)/t19?,20-/m0/s1. The predicted molar refractivity (Wildman–Crippen MR) is 153 cm³/mol. The number of carboxylic acids is 1. The van der Waals surface area contributed by atoms with Gasteiger partial charge in [-0.05, 0) is 73.6 Å². The van der Waals surface area contributed by atoms with E-state index in [1.54, 1.807) is 17.8 Å². The third-order valence-electron chi connectivity index (χ3n) is 7.30. The summed E-state index contributed by atoms with van der Waals surface area (Å²) in [6.45, 7) is 0.334. The number of aromatic nitrogens is 2. The number of halogens is 1. The molecule has 2 aromatic carbocycles. The lowest BCUT2D eigenvalue weighted by atomic mass is 10.0. The molecule has 0 spiro atoms. The molecule has 13 heteroatoms. The first-order valence-corrected chi connectivity index (χ1v) is 15.7. The highest BCUT2D eigenvalue weighted by atomic mass is 79.9. The Balaban J connectivity index is 1.47. The predicted octanol–water partition coefficient (Wildman–Crippen LogP) is 3.02. The van der Waals surface area contributed by atoms with Crippen LogP contribution in [-0.2, 0) is 19.6 Å². The number of rotatable bonds is 11. The normalized spacial score (nSPS) is 18.4. The summed E-state index contributed by atoms with van der Waals surface area (Å²) in [4.78, 5) is 36.3. The average molecular weight is 633 g/mol. The minimum absolute atomic E-state index is 0.118. The number of sulfonamides is 1. The van der Waals surface area contributed by atoms with Crippen molar-refractivity contribution >= 4 is 60.3 Å². The molecule has 0 bridgehead atoms. The van der Waals surface area contributed by atoms with E-state index in [1.807, 2.05) is 30.3 Å². The van der Waals surface area contributed by atoms with E-state index in [0.717, 1.165) is 29.1 Å². The highest BCUT2D eigenvalue weighted by molar-refractivity contribution is 9.10. The molecule has 2 aliphatic rings. The van der Waals surface area contributed by atoms with Crippen molar-refractivity contribution in [2.45, 2.75) is 31.6 Å². The van der Waals surface area contributed by atoms with E-state index in [0.29, 0.717) is 40.8 Å². The van der Waals surface area contributed by atoms with Crippen LogP contribution in [-0.4, -0.2) is 67.5 Å². The van der Waals surface area contributed by atoms with E-state index < -0.39 is 27.8 Å². The summed E-state index contributed by atoms with van der Waals surface area (Å²) >= 11 is 3.42. The van der Waals surface area contributed by atoms with Crippen LogP contribution >= 0.6 is 15.9 Å². The number of benzene rings is 2. The summed E-state index contributed by atoms with van der Waals surface area (Å²) in [5.74, 6) is -2.61. The van der Waals surface area contributed by atoms with Gasteiger partial charge < -0.3 is 15.7 Å². The maximum absolute atomic E-state index is 13.0. The number of carbonyl (C=O) groups excluding carboxylic acids is 2. The van der Waals surface area contributed by atoms with Gasteiger partial charge in [0.15, 0.2) is 0 Å². The monoisotopic (exact) mass is 631 g/mol. The summed E-state index contributed by atoms with van der Waals surface area (Å²) in [6.07, 6.45) is 3.63. The molecule has 1 unspecified atom stereocenters. The van der Waals surface area contributed by atoms with E-state index in [9.17, 15) is 22.8 Å². The first-order chi connectivity index (χ1) is 19.0. The quantitative estimate of drug-likeness (QED) is 0.275. The summed E-state index contributed by atoms with van der Waals surface area (Å²) in [5, 5.41) is 19.8. The van der Waals surface area contributed by atoms with Crippen molar-refractivity contribution in [1.29, 1.82) is 0 Å². The minimum Gasteiger partial charge on any atom is -0.481 e. The summed E-state index contributed by atoms with van der Waals surface area (Å²) in [7, 11) is -2.14. The van der Waals surface area contributed by atoms with Crippen molar-refractivity contribution in [1.82, 2.24) is 20.4 Å². The number of nitrogens with zero attached hydrogens (tertiary/aromatic N) is 3. The van der Waals surface area contributed by atoms with Gasteiger partial charge in [-0.3, -0.25) is 18.7 Å². The van der Waals surface area contributed by atoms with Gasteiger partial charge in [-0.15, -0.1) is 0 Å². The fourth-order valence-corrected chi connectivity index (χ4v) is 6.21. The Labute approximate surface area is 240 Å². The molecule has 0 aliphatic heterocycles. The Hall–Kier alpha value is -3.45. The molecule has 3 N–H and O–H groups in total. The molecule has 40 heavy (non-hydrogen) atoms. The van der Waals surface area contributed by atoms with Crippen LogP contribution in [0.25, 0.3) is 16.6 Å². The first-order valence-electron chi connectivity index (χ1n) is 13.0. The van der Waals surface area contributed by atoms with Gasteiger partial charge in [0.1, 0.15) is 5.69 Å².